The van der Waals surface area contributed by atoms with Gasteiger partial charge in [0.2, 0.25) is 0 Å². The Bertz CT molecular complexity index is 2310. The van der Waals surface area contributed by atoms with Crippen LogP contribution in [0.25, 0.3) is 0 Å². The van der Waals surface area contributed by atoms with E-state index in [2.05, 4.69) is 19.7 Å². The van der Waals surface area contributed by atoms with Gasteiger partial charge in [0.1, 0.15) is 30.2 Å². The smallest absolute Gasteiger partial charge is 0.308 e. The maximum Gasteiger partial charge on any atom is 0.308 e. The molecule has 7 aliphatic heterocycles. The van der Waals surface area contributed by atoms with E-state index in [4.69, 9.17) is 54.2 Å². The van der Waals surface area contributed by atoms with Crippen LogP contribution in [0.2, 0.25) is 0 Å². The van der Waals surface area contributed by atoms with Gasteiger partial charge in [-0.25, -0.2) is 0 Å². The molecule has 21 heteroatoms. The SMILES string of the molecule is C=C(Cl)C=CC(O)CC(=C)CC1OC2C(C)C(OC(=O)CC3CC(O)CC4(CC(C)(O)CC(CC(=C)C(C)C(OC(C)=O)C(C)C(=O)CC5CC(OC)CC6(CC(O)CC(C=CCCCC7OC(O)(CC(O)C7C)C2O)O6)O5)O4)O3)C1O. The largest absolute Gasteiger partial charge is 0.461 e. The summed E-state index contributed by atoms with van der Waals surface area (Å²) in [5.41, 5.74) is -0.438. The second-order valence-corrected chi connectivity index (χ2v) is 25.8. The second-order valence-electron chi connectivity index (χ2n) is 25.4. The zero-order valence-corrected chi connectivity index (χ0v) is 49.6. The third-order valence-corrected chi connectivity index (χ3v) is 18.1. The Morgan fingerprint density at radius 2 is 1.51 bits per heavy atom. The van der Waals surface area contributed by atoms with Gasteiger partial charge in [0.15, 0.2) is 17.4 Å². The lowest BCUT2D eigenvalue weighted by molar-refractivity contribution is -0.351. The monoisotopic (exact) mass is 1180 g/mol. The van der Waals surface area contributed by atoms with Crippen LogP contribution in [0.3, 0.4) is 0 Å². The Kier molecular flexibility index (Phi) is 22.5. The van der Waals surface area contributed by atoms with Crippen molar-refractivity contribution in [3.05, 3.63) is 60.2 Å². The number of allylic oxidation sites excluding steroid dienone is 3. The summed E-state index contributed by atoms with van der Waals surface area (Å²) in [4.78, 5) is 41.4. The quantitative estimate of drug-likeness (QED) is 0.0864. The lowest BCUT2D eigenvalue weighted by Gasteiger charge is -2.52. The molecule has 0 aliphatic carbocycles. The number of hydrogen-bond acceptors (Lipinski definition) is 20. The Balaban J connectivity index is 1.19. The number of ether oxygens (including phenoxy) is 9. The van der Waals surface area contributed by atoms with Crippen LogP contribution in [-0.2, 0) is 57.0 Å². The van der Waals surface area contributed by atoms with Crippen LogP contribution in [0.4, 0.5) is 0 Å². The molecular formula is C61H93ClO20. The minimum absolute atomic E-state index is 0.00951. The number of aliphatic hydroxyl groups is 8. The van der Waals surface area contributed by atoms with Gasteiger partial charge in [-0.2, -0.15) is 0 Å². The first-order valence-corrected chi connectivity index (χ1v) is 29.8. The summed E-state index contributed by atoms with van der Waals surface area (Å²) in [6.45, 7) is 21.8. The molecule has 0 amide bonds. The molecule has 7 heterocycles. The first-order valence-electron chi connectivity index (χ1n) is 29.4. The minimum atomic E-state index is -2.39. The normalized spacial score (nSPS) is 45.4. The number of hydrogen-bond donors (Lipinski definition) is 8. The highest BCUT2D eigenvalue weighted by Gasteiger charge is 2.58. The minimum Gasteiger partial charge on any atom is -0.461 e. The molecule has 6 fully saturated rings. The molecular weight excluding hydrogens is 1090 g/mol. The summed E-state index contributed by atoms with van der Waals surface area (Å²) in [6.07, 6.45) is -8.40. The van der Waals surface area contributed by atoms with Gasteiger partial charge >= 0.3 is 11.9 Å². The number of Topliss-reactive ketones (excluding diaryl/α,β-unsaturated/α-hetero) is 1. The van der Waals surface area contributed by atoms with Crippen molar-refractivity contribution in [2.45, 2.75) is 271 Å². The Morgan fingerprint density at radius 1 is 0.841 bits per heavy atom. The number of carbonyl (C=O) groups is 3. The molecule has 24 atom stereocenters. The van der Waals surface area contributed by atoms with Gasteiger partial charge in [0, 0.05) is 101 Å². The first kappa shape index (κ1) is 66.5. The van der Waals surface area contributed by atoms with Crippen LogP contribution in [0.15, 0.2) is 60.2 Å². The van der Waals surface area contributed by atoms with Crippen molar-refractivity contribution in [2.24, 2.45) is 23.7 Å². The van der Waals surface area contributed by atoms with E-state index >= 15 is 0 Å². The Hall–Kier alpha value is -3.00. The third-order valence-electron chi connectivity index (χ3n) is 18.0. The molecule has 0 saturated carbocycles. The number of halogens is 1. The lowest BCUT2D eigenvalue weighted by Crippen LogP contribution is -2.65. The van der Waals surface area contributed by atoms with Crippen molar-refractivity contribution in [2.75, 3.05) is 7.11 Å². The van der Waals surface area contributed by atoms with E-state index in [0.717, 1.165) is 0 Å². The molecule has 0 aromatic heterocycles. The van der Waals surface area contributed by atoms with Crippen molar-refractivity contribution in [3.8, 4) is 0 Å². The van der Waals surface area contributed by atoms with E-state index < -0.39 is 163 Å². The van der Waals surface area contributed by atoms with E-state index in [0.29, 0.717) is 43.3 Å². The molecule has 20 nitrogen and oxygen atoms in total. The van der Waals surface area contributed by atoms with E-state index in [9.17, 15) is 55.2 Å². The van der Waals surface area contributed by atoms with Gasteiger partial charge in [0.25, 0.3) is 0 Å². The van der Waals surface area contributed by atoms with E-state index in [1.807, 2.05) is 12.2 Å². The summed E-state index contributed by atoms with van der Waals surface area (Å²) in [5.74, 6) is -9.90. The highest BCUT2D eigenvalue weighted by atomic mass is 35.5. The van der Waals surface area contributed by atoms with Gasteiger partial charge in [-0.15, -0.1) is 0 Å². The maximum atomic E-state index is 14.4. The van der Waals surface area contributed by atoms with Gasteiger partial charge in [-0.1, -0.05) is 88.4 Å². The molecule has 464 valence electrons. The topological polar surface area (TPSA) is 296 Å². The summed E-state index contributed by atoms with van der Waals surface area (Å²) in [6, 6.07) is 0. The zero-order valence-electron chi connectivity index (χ0n) is 48.9. The standard InChI is InChI=1S/C61H93ClO20/c1-32(18-40(64)17-16-34(3)62)19-51-53(70)55-38(7)56(76-51)57(71)61(73)30-49(68)36(5)50(82-61)15-13-11-12-14-43-21-41(65)26-59(78-43)29-46(74-10)23-45(79-59)24-48(67)37(6)54(75-39(8)63)35(4)33(2)20-47-28-58(9,72)31-60(81-47)27-42(66)22-44(80-60)25-52(69)77-55/h12,14,16-17,35-38,40-47,49-51,53-57,64-66,68,70-73H,1-3,11,13,15,18-31H2,4-10H3. The molecule has 10 bridgehead atoms. The van der Waals surface area contributed by atoms with Gasteiger partial charge in [0.05, 0.1) is 91.2 Å². The van der Waals surface area contributed by atoms with E-state index in [1.54, 1.807) is 41.7 Å². The molecule has 0 radical (unpaired) electrons. The number of carbonyl (C=O) groups excluding carboxylic acids is 3. The number of ketones is 1. The molecule has 6 saturated heterocycles. The predicted octanol–water partition coefficient (Wildman–Crippen LogP) is 5.34. The van der Waals surface area contributed by atoms with Gasteiger partial charge < -0.3 is 83.5 Å². The van der Waals surface area contributed by atoms with Crippen LogP contribution in [0.1, 0.15) is 151 Å². The molecule has 0 aromatic rings. The third kappa shape index (κ3) is 16.9. The first-order chi connectivity index (χ1) is 38.4. The maximum absolute atomic E-state index is 14.4. The molecule has 7 aliphatic rings. The summed E-state index contributed by atoms with van der Waals surface area (Å²) < 4.78 is 57.3. The fourth-order valence-electron chi connectivity index (χ4n) is 13.8. The second kappa shape index (κ2) is 27.8. The number of fused-ring (bicyclic) bond motifs is 8. The van der Waals surface area contributed by atoms with Crippen LogP contribution < -0.4 is 0 Å². The van der Waals surface area contributed by atoms with Gasteiger partial charge in [-0.3, -0.25) is 14.4 Å². The highest BCUT2D eigenvalue weighted by Crippen LogP contribution is 2.48. The summed E-state index contributed by atoms with van der Waals surface area (Å²) >= 11 is 5.88. The van der Waals surface area contributed by atoms with E-state index in [1.165, 1.54) is 19.1 Å². The molecule has 0 aromatic carbocycles. The van der Waals surface area contributed by atoms with Crippen molar-refractivity contribution < 1.29 is 97.9 Å². The summed E-state index contributed by atoms with van der Waals surface area (Å²) in [7, 11) is 1.58. The predicted molar refractivity (Wildman–Crippen MR) is 298 cm³/mol. The van der Waals surface area contributed by atoms with E-state index in [-0.39, 0.29) is 81.1 Å². The fraction of sp³-hybridized carbons (Fsp3) is 0.787. The van der Waals surface area contributed by atoms with Crippen molar-refractivity contribution in [1.82, 2.24) is 0 Å². The lowest BCUT2D eigenvalue weighted by atomic mass is 9.78. The van der Waals surface area contributed by atoms with Crippen LogP contribution in [0, 0.1) is 23.7 Å². The van der Waals surface area contributed by atoms with Crippen LogP contribution in [-0.4, -0.2) is 186 Å². The number of rotatable bonds is 8. The molecule has 82 heavy (non-hydrogen) atoms. The molecule has 7 rings (SSSR count). The fourth-order valence-corrected chi connectivity index (χ4v) is 13.9. The average molecular weight is 1180 g/mol. The van der Waals surface area contributed by atoms with Crippen LogP contribution in [0.5, 0.6) is 0 Å². The Labute approximate surface area is 487 Å². The van der Waals surface area contributed by atoms with Gasteiger partial charge in [-0.05, 0) is 51.5 Å². The van der Waals surface area contributed by atoms with Crippen molar-refractivity contribution >= 4 is 29.3 Å². The number of methoxy groups -OCH3 is 1. The van der Waals surface area contributed by atoms with Crippen molar-refractivity contribution in [1.29, 1.82) is 0 Å². The molecule has 24 unspecified atom stereocenters. The number of aliphatic hydroxyl groups excluding tert-OH is 6. The van der Waals surface area contributed by atoms with Crippen LogP contribution >= 0.6 is 11.6 Å². The highest BCUT2D eigenvalue weighted by molar-refractivity contribution is 6.30. The van der Waals surface area contributed by atoms with Crippen molar-refractivity contribution in [3.63, 3.8) is 0 Å². The summed E-state index contributed by atoms with van der Waals surface area (Å²) in [5, 5.41) is 93.6. The Morgan fingerprint density at radius 3 is 2.21 bits per heavy atom. The molecule has 2 spiro atoms. The number of esters is 2. The average Bonchev–Trinajstić information content (AvgIpc) is 3.31. The zero-order chi connectivity index (χ0) is 60.2. The molecule has 8 N–H and O–H groups in total.